The topological polar surface area (TPSA) is 43.6 Å². The zero-order valence-electron chi connectivity index (χ0n) is 9.65. The summed E-state index contributed by atoms with van der Waals surface area (Å²) in [6.07, 6.45) is 2.86. The summed E-state index contributed by atoms with van der Waals surface area (Å²) < 4.78 is 6.55. The molecule has 0 amide bonds. The molecule has 0 spiro atoms. The number of ether oxygens (including phenoxy) is 1. The van der Waals surface area contributed by atoms with Crippen LogP contribution in [0.15, 0.2) is 18.3 Å². The van der Waals surface area contributed by atoms with Gasteiger partial charge in [0.05, 0.1) is 12.8 Å². The molecule has 0 aliphatic rings. The van der Waals surface area contributed by atoms with Crippen LogP contribution in [0.1, 0.15) is 28.7 Å². The van der Waals surface area contributed by atoms with Crippen LogP contribution >= 0.6 is 0 Å². The van der Waals surface area contributed by atoms with E-state index >= 15 is 0 Å². The molecule has 4 heteroatoms. The monoisotopic (exact) mass is 218 g/mol. The second kappa shape index (κ2) is 3.96. The number of carbonyl (C=O) groups is 1. The van der Waals surface area contributed by atoms with Gasteiger partial charge in [-0.05, 0) is 25.0 Å². The Hall–Kier alpha value is -1.84. The number of hydrogen-bond donors (Lipinski definition) is 0. The maximum atomic E-state index is 11.6. The van der Waals surface area contributed by atoms with Crippen molar-refractivity contribution in [2.24, 2.45) is 0 Å². The first kappa shape index (κ1) is 10.7. The molecule has 2 aromatic rings. The van der Waals surface area contributed by atoms with Crippen LogP contribution in [0, 0.1) is 6.92 Å². The van der Waals surface area contributed by atoms with Crippen LogP contribution in [0.5, 0.6) is 0 Å². The van der Waals surface area contributed by atoms with Gasteiger partial charge >= 0.3 is 5.97 Å². The van der Waals surface area contributed by atoms with Gasteiger partial charge in [0.2, 0.25) is 0 Å². The summed E-state index contributed by atoms with van der Waals surface area (Å²) in [6, 6.07) is 3.93. The van der Waals surface area contributed by atoms with Crippen LogP contribution in [-0.2, 0) is 11.2 Å². The van der Waals surface area contributed by atoms with Crippen molar-refractivity contribution in [1.82, 2.24) is 9.38 Å². The van der Waals surface area contributed by atoms with Gasteiger partial charge in [0, 0.05) is 6.20 Å². The van der Waals surface area contributed by atoms with Crippen LogP contribution in [0.4, 0.5) is 0 Å². The number of carbonyl (C=O) groups excluding carboxylic acids is 1. The molecule has 0 saturated carbocycles. The summed E-state index contributed by atoms with van der Waals surface area (Å²) >= 11 is 0. The predicted octanol–water partition coefficient (Wildman–Crippen LogP) is 1.99. The Morgan fingerprint density at radius 1 is 1.50 bits per heavy atom. The molecule has 0 fully saturated rings. The Morgan fingerprint density at radius 2 is 2.25 bits per heavy atom. The maximum Gasteiger partial charge on any atom is 0.356 e. The number of methoxy groups -OCH3 is 1. The average molecular weight is 218 g/mol. The summed E-state index contributed by atoms with van der Waals surface area (Å²) in [6.45, 7) is 3.88. The highest BCUT2D eigenvalue weighted by Crippen LogP contribution is 2.14. The molecular weight excluding hydrogens is 204 g/mol. The van der Waals surface area contributed by atoms with E-state index < -0.39 is 0 Å². The molecule has 2 heterocycles. The molecule has 0 atom stereocenters. The van der Waals surface area contributed by atoms with Crippen molar-refractivity contribution in [3.63, 3.8) is 0 Å². The van der Waals surface area contributed by atoms with Gasteiger partial charge in [0.1, 0.15) is 5.65 Å². The van der Waals surface area contributed by atoms with Gasteiger partial charge in [0.25, 0.3) is 0 Å². The minimum atomic E-state index is -0.349. The number of esters is 1. The van der Waals surface area contributed by atoms with Crippen LogP contribution in [0.2, 0.25) is 0 Å². The summed E-state index contributed by atoms with van der Waals surface area (Å²) in [5, 5.41) is 0. The van der Waals surface area contributed by atoms with Gasteiger partial charge in [-0.25, -0.2) is 9.78 Å². The molecule has 2 rings (SSSR count). The predicted molar refractivity (Wildman–Crippen MR) is 60.6 cm³/mol. The highest BCUT2D eigenvalue weighted by molar-refractivity contribution is 5.89. The van der Waals surface area contributed by atoms with E-state index in [1.807, 2.05) is 25.3 Å². The van der Waals surface area contributed by atoms with Crippen molar-refractivity contribution in [3.05, 3.63) is 35.3 Å². The number of aromatic nitrogens is 2. The Kier molecular flexibility index (Phi) is 2.64. The summed E-state index contributed by atoms with van der Waals surface area (Å²) in [4.78, 5) is 15.9. The third-order valence-electron chi connectivity index (χ3n) is 2.64. The SMILES string of the molecule is CCc1ccc2nc(C)c(C(=O)OC)n2c1. The Labute approximate surface area is 93.9 Å². The second-order valence-electron chi connectivity index (χ2n) is 3.66. The zero-order valence-corrected chi connectivity index (χ0v) is 9.65. The van der Waals surface area contributed by atoms with E-state index in [2.05, 4.69) is 11.9 Å². The number of rotatable bonds is 2. The summed E-state index contributed by atoms with van der Waals surface area (Å²) in [5.41, 5.74) is 3.14. The molecule has 0 radical (unpaired) electrons. The van der Waals surface area contributed by atoms with Crippen LogP contribution in [0.25, 0.3) is 5.65 Å². The first-order valence-corrected chi connectivity index (χ1v) is 5.23. The molecule has 0 saturated heterocycles. The van der Waals surface area contributed by atoms with E-state index in [0.717, 1.165) is 17.6 Å². The van der Waals surface area contributed by atoms with Crippen molar-refractivity contribution >= 4 is 11.6 Å². The molecule has 4 nitrogen and oxygen atoms in total. The first-order valence-electron chi connectivity index (χ1n) is 5.23. The number of pyridine rings is 1. The number of nitrogens with zero attached hydrogens (tertiary/aromatic N) is 2. The van der Waals surface area contributed by atoms with Gasteiger partial charge in [-0.2, -0.15) is 0 Å². The fourth-order valence-corrected chi connectivity index (χ4v) is 1.76. The number of fused-ring (bicyclic) bond motifs is 1. The second-order valence-corrected chi connectivity index (χ2v) is 3.66. The normalized spacial score (nSPS) is 10.7. The van der Waals surface area contributed by atoms with E-state index in [4.69, 9.17) is 4.74 Å². The van der Waals surface area contributed by atoms with Crippen molar-refractivity contribution < 1.29 is 9.53 Å². The minimum Gasteiger partial charge on any atom is -0.464 e. The largest absolute Gasteiger partial charge is 0.464 e. The lowest BCUT2D eigenvalue weighted by Gasteiger charge is -2.02. The summed E-state index contributed by atoms with van der Waals surface area (Å²) in [7, 11) is 1.38. The smallest absolute Gasteiger partial charge is 0.356 e. The van der Waals surface area contributed by atoms with Crippen LogP contribution in [-0.4, -0.2) is 22.5 Å². The van der Waals surface area contributed by atoms with Gasteiger partial charge in [-0.15, -0.1) is 0 Å². The Morgan fingerprint density at radius 3 is 2.88 bits per heavy atom. The lowest BCUT2D eigenvalue weighted by molar-refractivity contribution is 0.0592. The van der Waals surface area contributed by atoms with Crippen LogP contribution in [0.3, 0.4) is 0 Å². The van der Waals surface area contributed by atoms with Crippen molar-refractivity contribution in [3.8, 4) is 0 Å². The van der Waals surface area contributed by atoms with Gasteiger partial charge < -0.3 is 4.74 Å². The molecule has 0 aliphatic carbocycles. The van der Waals surface area contributed by atoms with Gasteiger partial charge in [0.15, 0.2) is 5.69 Å². The summed E-state index contributed by atoms with van der Waals surface area (Å²) in [5.74, 6) is -0.349. The standard InChI is InChI=1S/C12H14N2O2/c1-4-9-5-6-10-13-8(2)11(12(15)16-3)14(10)7-9/h5-7H,4H2,1-3H3. The zero-order chi connectivity index (χ0) is 11.7. The van der Waals surface area contributed by atoms with E-state index in [-0.39, 0.29) is 5.97 Å². The number of hydrogen-bond acceptors (Lipinski definition) is 3. The lowest BCUT2D eigenvalue weighted by Crippen LogP contribution is -2.07. The van der Waals surface area contributed by atoms with Crippen molar-refractivity contribution in [2.75, 3.05) is 7.11 Å². The van der Waals surface area contributed by atoms with Gasteiger partial charge in [-0.3, -0.25) is 4.40 Å². The fraction of sp³-hybridized carbons (Fsp3) is 0.333. The maximum absolute atomic E-state index is 11.6. The van der Waals surface area contributed by atoms with Crippen molar-refractivity contribution in [1.29, 1.82) is 0 Å². The molecule has 16 heavy (non-hydrogen) atoms. The third kappa shape index (κ3) is 1.56. The minimum absolute atomic E-state index is 0.349. The van der Waals surface area contributed by atoms with E-state index in [1.54, 1.807) is 4.40 Å². The van der Waals surface area contributed by atoms with Gasteiger partial charge in [-0.1, -0.05) is 13.0 Å². The molecule has 0 aromatic carbocycles. The quantitative estimate of drug-likeness (QED) is 0.724. The van der Waals surface area contributed by atoms with E-state index in [1.165, 1.54) is 7.11 Å². The van der Waals surface area contributed by atoms with Crippen molar-refractivity contribution in [2.45, 2.75) is 20.3 Å². The average Bonchev–Trinajstić information content (AvgIpc) is 2.63. The number of aryl methyl sites for hydroxylation is 2. The molecule has 0 aliphatic heterocycles. The van der Waals surface area contributed by atoms with E-state index in [9.17, 15) is 4.79 Å². The van der Waals surface area contributed by atoms with Crippen LogP contribution < -0.4 is 0 Å². The molecule has 2 aromatic heterocycles. The lowest BCUT2D eigenvalue weighted by atomic mass is 10.2. The Bertz CT molecular complexity index is 543. The Balaban J connectivity index is 2.70. The fourth-order valence-electron chi connectivity index (χ4n) is 1.76. The van der Waals surface area contributed by atoms with E-state index in [0.29, 0.717) is 11.4 Å². The number of imidazole rings is 1. The first-order chi connectivity index (χ1) is 7.67. The third-order valence-corrected chi connectivity index (χ3v) is 2.64. The molecular formula is C12H14N2O2. The molecule has 0 bridgehead atoms. The molecule has 84 valence electrons. The highest BCUT2D eigenvalue weighted by Gasteiger charge is 2.16. The highest BCUT2D eigenvalue weighted by atomic mass is 16.5. The molecule has 0 unspecified atom stereocenters. The molecule has 0 N–H and O–H groups in total.